The summed E-state index contributed by atoms with van der Waals surface area (Å²) in [5, 5.41) is 2.96. The van der Waals surface area contributed by atoms with Gasteiger partial charge in [-0.15, -0.1) is 0 Å². The van der Waals surface area contributed by atoms with Gasteiger partial charge in [0.15, 0.2) is 0 Å². The van der Waals surface area contributed by atoms with Crippen LogP contribution in [0.5, 0.6) is 0 Å². The Morgan fingerprint density at radius 2 is 1.94 bits per heavy atom. The van der Waals surface area contributed by atoms with Crippen molar-refractivity contribution in [3.05, 3.63) is 72.6 Å². The van der Waals surface area contributed by atoms with E-state index >= 15 is 0 Å². The third kappa shape index (κ3) is 21.3. The number of nitrogens with two attached hydrogens (primary N) is 1. The van der Waals surface area contributed by atoms with Crippen LogP contribution in [0, 0.1) is 0 Å². The monoisotopic (exact) mass is 476 g/mol. The number of aldehydes is 2. The summed E-state index contributed by atoms with van der Waals surface area (Å²) in [6.07, 6.45) is 18.5. The molecule has 1 aliphatic carbocycles. The molecule has 0 aromatic rings. The molecule has 194 valence electrons. The number of carbonyl (C=O) groups excluding carboxylic acids is 2. The molecule has 0 amide bonds. The number of rotatable bonds is 14. The van der Waals surface area contributed by atoms with Crippen molar-refractivity contribution in [1.82, 2.24) is 5.32 Å². The number of nitrogens with one attached hydrogen (secondary N) is 1. The van der Waals surface area contributed by atoms with E-state index in [1.807, 2.05) is 39.8 Å². The molecule has 2 atom stereocenters. The van der Waals surface area contributed by atoms with Crippen molar-refractivity contribution in [1.29, 1.82) is 0 Å². The Labute approximate surface area is 208 Å². The van der Waals surface area contributed by atoms with Gasteiger partial charge in [0, 0.05) is 13.0 Å². The van der Waals surface area contributed by atoms with Crippen LogP contribution in [0.1, 0.15) is 53.4 Å². The van der Waals surface area contributed by atoms with Crippen molar-refractivity contribution >= 4 is 12.6 Å². The van der Waals surface area contributed by atoms with Crippen LogP contribution in [-0.4, -0.2) is 52.0 Å². The third-order valence-electron chi connectivity index (χ3n) is 4.27. The smallest absolute Gasteiger partial charge is 0.137 e. The fourth-order valence-corrected chi connectivity index (χ4v) is 2.53. The Morgan fingerprint density at radius 1 is 1.26 bits per heavy atom. The van der Waals surface area contributed by atoms with Gasteiger partial charge in [-0.3, -0.25) is 0 Å². The van der Waals surface area contributed by atoms with E-state index in [0.717, 1.165) is 44.0 Å². The molecule has 0 spiro atoms. The number of allylic oxidation sites excluding steroid dienone is 5. The fraction of sp³-hybridized carbons (Fsp3) is 0.500. The van der Waals surface area contributed by atoms with Gasteiger partial charge in [0.05, 0.1) is 12.1 Å². The second kappa shape index (κ2) is 28.5. The lowest BCUT2D eigenvalue weighted by atomic mass is 9.99. The van der Waals surface area contributed by atoms with Gasteiger partial charge in [0.2, 0.25) is 0 Å². The highest BCUT2D eigenvalue weighted by molar-refractivity contribution is 5.58. The summed E-state index contributed by atoms with van der Waals surface area (Å²) >= 11 is 0. The van der Waals surface area contributed by atoms with Crippen LogP contribution in [0.4, 0.5) is 0 Å². The van der Waals surface area contributed by atoms with Crippen LogP contribution in [0.2, 0.25) is 0 Å². The van der Waals surface area contributed by atoms with E-state index in [1.165, 1.54) is 12.6 Å². The quantitative estimate of drug-likeness (QED) is 0.154. The molecule has 0 saturated heterocycles. The Hall–Kier alpha value is -2.54. The average Bonchev–Trinajstić information content (AvgIpc) is 2.90. The minimum atomic E-state index is -0.0791. The molecule has 0 radical (unpaired) electrons. The first-order valence-corrected chi connectivity index (χ1v) is 11.9. The predicted molar refractivity (Wildman–Crippen MR) is 146 cm³/mol. The minimum absolute atomic E-state index is 0.0791. The Kier molecular flexibility index (Phi) is 30.2. The number of hydrogen-bond donors (Lipinski definition) is 2. The molecule has 0 bridgehead atoms. The summed E-state index contributed by atoms with van der Waals surface area (Å²) in [5.41, 5.74) is 6.85. The Balaban J connectivity index is -0.000000493. The summed E-state index contributed by atoms with van der Waals surface area (Å²) in [7, 11) is 3.30. The molecule has 34 heavy (non-hydrogen) atoms. The first-order chi connectivity index (χ1) is 16.5. The fourth-order valence-electron chi connectivity index (χ4n) is 2.53. The normalized spacial score (nSPS) is 15.5. The number of hydrogen-bond acceptors (Lipinski definition) is 6. The van der Waals surface area contributed by atoms with Gasteiger partial charge in [-0.05, 0) is 59.4 Å². The molecule has 0 saturated carbocycles. The van der Waals surface area contributed by atoms with E-state index < -0.39 is 0 Å². The Morgan fingerprint density at radius 3 is 2.38 bits per heavy atom. The summed E-state index contributed by atoms with van der Waals surface area (Å²) in [5.74, 6) is 0.709. The maximum atomic E-state index is 10.6. The van der Waals surface area contributed by atoms with Crippen molar-refractivity contribution in [2.24, 2.45) is 5.73 Å². The minimum Gasteiger partial charge on any atom is -0.490 e. The Bertz CT molecular complexity index is 649. The maximum absolute atomic E-state index is 10.6. The lowest BCUT2D eigenvalue weighted by molar-refractivity contribution is -0.109. The molecular formula is C28H48N2O4. The predicted octanol–water partition coefficient (Wildman–Crippen LogP) is 5.24. The largest absolute Gasteiger partial charge is 0.490 e. The highest BCUT2D eigenvalue weighted by atomic mass is 16.5. The van der Waals surface area contributed by atoms with Gasteiger partial charge in [0.25, 0.3) is 0 Å². The first-order valence-electron chi connectivity index (χ1n) is 11.9. The zero-order valence-electron chi connectivity index (χ0n) is 22.2. The van der Waals surface area contributed by atoms with E-state index in [0.29, 0.717) is 18.8 Å². The van der Waals surface area contributed by atoms with Gasteiger partial charge >= 0.3 is 0 Å². The molecule has 6 heteroatoms. The third-order valence-corrected chi connectivity index (χ3v) is 4.27. The highest BCUT2D eigenvalue weighted by Gasteiger charge is 2.11. The van der Waals surface area contributed by atoms with Crippen molar-refractivity contribution in [3.8, 4) is 0 Å². The summed E-state index contributed by atoms with van der Waals surface area (Å²) in [4.78, 5) is 20.8. The molecule has 0 aromatic heterocycles. The van der Waals surface area contributed by atoms with E-state index in [2.05, 4.69) is 42.4 Å². The second-order valence-electron chi connectivity index (χ2n) is 6.69. The van der Waals surface area contributed by atoms with Gasteiger partial charge in [-0.2, -0.15) is 0 Å². The second-order valence-corrected chi connectivity index (χ2v) is 6.69. The number of ether oxygens (including phenoxy) is 2. The zero-order valence-corrected chi connectivity index (χ0v) is 22.2. The van der Waals surface area contributed by atoms with E-state index in [1.54, 1.807) is 19.2 Å². The van der Waals surface area contributed by atoms with E-state index in [-0.39, 0.29) is 12.1 Å². The standard InChI is InChI=1S/C13H18O2.C12H19NO2.C2H6.CH5N/c1-4-11-15-13(5-2)9-8-12(3)7-6-10-14;1-3-15-12-6-4-10(5-7-12)8-11(9-14)13-2;2*1-2/h4-5,8-10H,1-2,6-7,11H2,3H3;4-6,9,11-13H,3,7-8H2,1-2H3;1-2H3;2H2,1H3/b12-8+,13-9+;;;. The maximum Gasteiger partial charge on any atom is 0.137 e. The molecule has 2 unspecified atom stereocenters. The van der Waals surface area contributed by atoms with Crippen LogP contribution in [0.3, 0.4) is 0 Å². The molecule has 6 nitrogen and oxygen atoms in total. The molecular weight excluding hydrogens is 428 g/mol. The SMILES string of the molecule is C=CCO/C(C=C)=C/C=C(\C)CCC=O.CC.CCOC1C=CC(CC(C=O)NC)=CC1.CN. The average molecular weight is 477 g/mol. The van der Waals surface area contributed by atoms with Crippen LogP contribution in [-0.2, 0) is 19.1 Å². The van der Waals surface area contributed by atoms with Gasteiger partial charge in [-0.25, -0.2) is 0 Å². The van der Waals surface area contributed by atoms with Gasteiger partial charge in [0.1, 0.15) is 24.9 Å². The lowest BCUT2D eigenvalue weighted by Gasteiger charge is -2.17. The molecule has 0 heterocycles. The summed E-state index contributed by atoms with van der Waals surface area (Å²) in [6, 6.07) is -0.0791. The van der Waals surface area contributed by atoms with E-state index in [4.69, 9.17) is 9.47 Å². The molecule has 0 aromatic carbocycles. The first kappa shape index (κ1) is 36.0. The molecule has 1 aliphatic rings. The van der Waals surface area contributed by atoms with Crippen molar-refractivity contribution in [2.45, 2.75) is 65.5 Å². The van der Waals surface area contributed by atoms with Crippen LogP contribution < -0.4 is 11.1 Å². The topological polar surface area (TPSA) is 90.6 Å². The van der Waals surface area contributed by atoms with Crippen LogP contribution in [0.25, 0.3) is 0 Å². The highest BCUT2D eigenvalue weighted by Crippen LogP contribution is 2.16. The van der Waals surface area contributed by atoms with E-state index in [9.17, 15) is 9.59 Å². The van der Waals surface area contributed by atoms with Crippen molar-refractivity contribution in [3.63, 3.8) is 0 Å². The molecule has 1 rings (SSSR count). The molecule has 3 N–H and O–H groups in total. The van der Waals surface area contributed by atoms with Crippen LogP contribution >= 0.6 is 0 Å². The summed E-state index contributed by atoms with van der Waals surface area (Å²) in [6.45, 7) is 16.4. The van der Waals surface area contributed by atoms with Crippen LogP contribution in [0.15, 0.2) is 72.6 Å². The van der Waals surface area contributed by atoms with Gasteiger partial charge in [-0.1, -0.05) is 68.5 Å². The van der Waals surface area contributed by atoms with Gasteiger partial charge < -0.3 is 30.1 Å². The van der Waals surface area contributed by atoms with Crippen molar-refractivity contribution in [2.75, 3.05) is 27.3 Å². The summed E-state index contributed by atoms with van der Waals surface area (Å²) < 4.78 is 10.8. The van der Waals surface area contributed by atoms with Crippen molar-refractivity contribution < 1.29 is 19.1 Å². The zero-order chi connectivity index (χ0) is 26.6. The lowest BCUT2D eigenvalue weighted by Crippen LogP contribution is -2.27. The number of carbonyl (C=O) groups is 2. The molecule has 0 fully saturated rings. The molecule has 0 aliphatic heterocycles. The number of likely N-dealkylation sites (N-methyl/N-ethyl adjacent to an activating group) is 1.